The summed E-state index contributed by atoms with van der Waals surface area (Å²) >= 11 is 0. The summed E-state index contributed by atoms with van der Waals surface area (Å²) in [6.45, 7) is 1.12. The van der Waals surface area contributed by atoms with Crippen molar-refractivity contribution in [2.24, 2.45) is 0 Å². The maximum atomic E-state index is 13.7. The molecule has 10 heteroatoms. The van der Waals surface area contributed by atoms with Gasteiger partial charge in [-0.15, -0.1) is 0 Å². The van der Waals surface area contributed by atoms with Gasteiger partial charge in [0.15, 0.2) is 0 Å². The lowest BCUT2D eigenvalue weighted by Crippen LogP contribution is -2.47. The summed E-state index contributed by atoms with van der Waals surface area (Å²) in [6, 6.07) is 17.9. The van der Waals surface area contributed by atoms with Crippen molar-refractivity contribution >= 4 is 34.5 Å². The Morgan fingerprint density at radius 3 is 2.50 bits per heavy atom. The molecule has 1 fully saturated rings. The van der Waals surface area contributed by atoms with Crippen LogP contribution in [0.25, 0.3) is 22.2 Å². The van der Waals surface area contributed by atoms with Crippen LogP contribution in [-0.4, -0.2) is 61.4 Å². The first-order valence-corrected chi connectivity index (χ1v) is 15.8. The molecule has 1 aliphatic heterocycles. The number of aromatic nitrogens is 1. The van der Waals surface area contributed by atoms with Crippen molar-refractivity contribution in [3.63, 3.8) is 0 Å². The average Bonchev–Trinajstić information content (AvgIpc) is 3.28. The predicted octanol–water partition coefficient (Wildman–Crippen LogP) is 5.96. The van der Waals surface area contributed by atoms with E-state index in [1.807, 2.05) is 24.3 Å². The molecule has 0 unspecified atom stereocenters. The maximum absolute atomic E-state index is 13.7. The van der Waals surface area contributed by atoms with Crippen molar-refractivity contribution in [3.05, 3.63) is 77.4 Å². The number of hydrogen-bond donors (Lipinski definition) is 3. The number of hydrogen-bond acceptors (Lipinski definition) is 5. The zero-order chi connectivity index (χ0) is 32.4. The fourth-order valence-electron chi connectivity index (χ4n) is 6.86. The van der Waals surface area contributed by atoms with Crippen LogP contribution in [0.5, 0.6) is 11.5 Å². The normalized spacial score (nSPS) is 15.1. The van der Waals surface area contributed by atoms with Crippen LogP contribution in [0.1, 0.15) is 59.5 Å². The van der Waals surface area contributed by atoms with Gasteiger partial charge in [0, 0.05) is 54.3 Å². The van der Waals surface area contributed by atoms with Crippen LogP contribution in [0.2, 0.25) is 0 Å². The highest BCUT2D eigenvalue weighted by atomic mass is 16.5. The number of carboxylic acid groups (broad SMARTS) is 1. The smallest absolute Gasteiger partial charge is 0.411 e. The second-order valence-electron chi connectivity index (χ2n) is 12.0. The Hall–Kier alpha value is -4.99. The van der Waals surface area contributed by atoms with Gasteiger partial charge in [0.05, 0.1) is 19.3 Å². The van der Waals surface area contributed by atoms with Crippen molar-refractivity contribution in [2.75, 3.05) is 32.7 Å². The van der Waals surface area contributed by atoms with Gasteiger partial charge >= 0.3 is 6.09 Å². The molecule has 6 rings (SSSR count). The number of likely N-dealkylation sites (N-methyl/N-ethyl adjacent to an activating group) is 1. The number of nitrogens with one attached hydrogen (secondary N) is 2. The third kappa shape index (κ3) is 5.99. The van der Waals surface area contributed by atoms with E-state index < -0.39 is 12.1 Å². The zero-order valence-corrected chi connectivity index (χ0v) is 26.5. The van der Waals surface area contributed by atoms with Gasteiger partial charge in [0.2, 0.25) is 5.91 Å². The first-order valence-electron chi connectivity index (χ1n) is 15.8. The minimum absolute atomic E-state index is 0.245. The number of amides is 3. The van der Waals surface area contributed by atoms with E-state index in [2.05, 4.69) is 27.3 Å². The molecule has 2 heterocycles. The van der Waals surface area contributed by atoms with Crippen LogP contribution in [-0.2, 0) is 17.8 Å². The minimum Gasteiger partial charge on any atom is -0.497 e. The summed E-state index contributed by atoms with van der Waals surface area (Å²) in [7, 11) is 4.66. The SMILES string of the molecule is CNC(=O)[C@H](Cc1ccc(N(C)C(=O)O)cc1)NC(=O)c1ccc2c(C3CCCCC3)c3n(c2c1)CCOc1cc(OC)ccc1-3. The Morgan fingerprint density at radius 2 is 1.80 bits per heavy atom. The molecule has 1 atom stereocenters. The number of carbonyl (C=O) groups excluding carboxylic acids is 2. The molecule has 1 aromatic heterocycles. The average molecular weight is 625 g/mol. The molecule has 1 aliphatic carbocycles. The van der Waals surface area contributed by atoms with Gasteiger partial charge < -0.3 is 29.8 Å². The second kappa shape index (κ2) is 13.2. The van der Waals surface area contributed by atoms with Crippen molar-refractivity contribution < 1.29 is 29.0 Å². The third-order valence-corrected chi connectivity index (χ3v) is 9.31. The van der Waals surface area contributed by atoms with E-state index in [0.29, 0.717) is 30.3 Å². The molecule has 0 spiro atoms. The standard InChI is InChI=1S/C36H40N4O6/c1-37-35(42)29(19-22-9-12-25(13-10-22)39(2)36(43)44)38-34(41)24-11-15-27-30(20-24)40-17-18-46-31-21-26(45-3)14-16-28(31)33(40)32(27)23-7-5-4-6-8-23/h9-16,20-21,23,29H,4-8,17-19H2,1-3H3,(H,37,42)(H,38,41)(H,43,44)/t29-/m0/s1. The monoisotopic (exact) mass is 624 g/mol. The molecule has 4 aromatic rings. The quantitative estimate of drug-likeness (QED) is 0.223. The van der Waals surface area contributed by atoms with Crippen molar-refractivity contribution in [1.29, 1.82) is 0 Å². The van der Waals surface area contributed by atoms with Crippen molar-refractivity contribution in [2.45, 2.75) is 57.0 Å². The minimum atomic E-state index is -1.07. The molecule has 10 nitrogen and oxygen atoms in total. The van der Waals surface area contributed by atoms with Gasteiger partial charge in [0.1, 0.15) is 24.1 Å². The topological polar surface area (TPSA) is 122 Å². The number of carbonyl (C=O) groups is 3. The molecule has 0 saturated heterocycles. The Bertz CT molecular complexity index is 1770. The largest absolute Gasteiger partial charge is 0.497 e. The second-order valence-corrected chi connectivity index (χ2v) is 12.0. The maximum Gasteiger partial charge on any atom is 0.411 e. The molecule has 1 saturated carbocycles. The summed E-state index contributed by atoms with van der Waals surface area (Å²) in [4.78, 5) is 39.0. The predicted molar refractivity (Wildman–Crippen MR) is 177 cm³/mol. The molecule has 240 valence electrons. The van der Waals surface area contributed by atoms with Crippen LogP contribution in [0, 0.1) is 0 Å². The molecular weight excluding hydrogens is 584 g/mol. The Kier molecular flexibility index (Phi) is 8.87. The molecule has 0 bridgehead atoms. The van der Waals surface area contributed by atoms with Crippen LogP contribution in [0.3, 0.4) is 0 Å². The van der Waals surface area contributed by atoms with E-state index in [0.717, 1.165) is 57.0 Å². The lowest BCUT2D eigenvalue weighted by Gasteiger charge is -2.23. The highest BCUT2D eigenvalue weighted by molar-refractivity contribution is 6.02. The Labute approximate surface area is 268 Å². The summed E-state index contributed by atoms with van der Waals surface area (Å²) in [6.07, 6.45) is 5.08. The summed E-state index contributed by atoms with van der Waals surface area (Å²) < 4.78 is 14.0. The van der Waals surface area contributed by atoms with Crippen LogP contribution < -0.4 is 25.0 Å². The number of methoxy groups -OCH3 is 1. The van der Waals surface area contributed by atoms with E-state index in [9.17, 15) is 19.5 Å². The molecule has 3 N–H and O–H groups in total. The van der Waals surface area contributed by atoms with E-state index in [4.69, 9.17) is 9.47 Å². The van der Waals surface area contributed by atoms with Gasteiger partial charge in [-0.2, -0.15) is 0 Å². The highest BCUT2D eigenvalue weighted by Crippen LogP contribution is 2.47. The summed E-state index contributed by atoms with van der Waals surface area (Å²) in [5, 5.41) is 16.0. The van der Waals surface area contributed by atoms with Gasteiger partial charge in [0.25, 0.3) is 5.91 Å². The Morgan fingerprint density at radius 1 is 1.04 bits per heavy atom. The van der Waals surface area contributed by atoms with Crippen molar-refractivity contribution in [1.82, 2.24) is 15.2 Å². The van der Waals surface area contributed by atoms with E-state index in [1.54, 1.807) is 31.4 Å². The summed E-state index contributed by atoms with van der Waals surface area (Å²) in [5.41, 5.74) is 6.24. The molecule has 2 aliphatic rings. The zero-order valence-electron chi connectivity index (χ0n) is 26.5. The number of rotatable bonds is 8. The third-order valence-electron chi connectivity index (χ3n) is 9.31. The fraction of sp³-hybridized carbons (Fsp3) is 0.361. The number of fused-ring (bicyclic) bond motifs is 5. The van der Waals surface area contributed by atoms with Crippen molar-refractivity contribution in [3.8, 4) is 22.8 Å². The lowest BCUT2D eigenvalue weighted by molar-refractivity contribution is -0.122. The van der Waals surface area contributed by atoms with E-state index in [-0.39, 0.29) is 18.2 Å². The van der Waals surface area contributed by atoms with Crippen LogP contribution in [0.4, 0.5) is 10.5 Å². The Balaban J connectivity index is 1.34. The van der Waals surface area contributed by atoms with Crippen LogP contribution >= 0.6 is 0 Å². The molecule has 3 amide bonds. The molecule has 46 heavy (non-hydrogen) atoms. The van der Waals surface area contributed by atoms with E-state index in [1.165, 1.54) is 38.9 Å². The first-order chi connectivity index (χ1) is 22.3. The number of nitrogens with zero attached hydrogens (tertiary/aromatic N) is 2. The summed E-state index contributed by atoms with van der Waals surface area (Å²) in [5.74, 6) is 1.30. The molecule has 0 radical (unpaired) electrons. The van der Waals surface area contributed by atoms with Crippen LogP contribution in [0.15, 0.2) is 60.7 Å². The molecule has 3 aromatic carbocycles. The first kappa shape index (κ1) is 31.0. The molecular formula is C36H40N4O6. The van der Waals surface area contributed by atoms with E-state index >= 15 is 0 Å². The van der Waals surface area contributed by atoms with Gasteiger partial charge in [-0.05, 0) is 66.3 Å². The highest BCUT2D eigenvalue weighted by Gasteiger charge is 2.30. The number of ether oxygens (including phenoxy) is 2. The van der Waals surface area contributed by atoms with Gasteiger partial charge in [-0.25, -0.2) is 4.79 Å². The number of anilines is 1. The number of benzene rings is 3. The van der Waals surface area contributed by atoms with Gasteiger partial charge in [-0.1, -0.05) is 37.5 Å². The van der Waals surface area contributed by atoms with Gasteiger partial charge in [-0.3, -0.25) is 14.5 Å². The lowest BCUT2D eigenvalue weighted by atomic mass is 9.81. The fourth-order valence-corrected chi connectivity index (χ4v) is 6.86.